The minimum absolute atomic E-state index is 0.0245. The number of amides is 1. The number of fused-ring (bicyclic) bond motifs is 1. The molecule has 0 aliphatic heterocycles. The van der Waals surface area contributed by atoms with E-state index in [0.717, 1.165) is 24.0 Å². The topological polar surface area (TPSA) is 74.7 Å². The van der Waals surface area contributed by atoms with Crippen molar-refractivity contribution in [2.75, 3.05) is 13.1 Å². The van der Waals surface area contributed by atoms with Crippen molar-refractivity contribution >= 4 is 16.8 Å². The number of benzene rings is 1. The molecule has 132 valence electrons. The maximum atomic E-state index is 12.2. The minimum atomic E-state index is -0.223. The van der Waals surface area contributed by atoms with Gasteiger partial charge < -0.3 is 15.6 Å². The number of rotatable bonds is 8. The fourth-order valence-electron chi connectivity index (χ4n) is 2.89. The first-order chi connectivity index (χ1) is 12.1. The fourth-order valence-corrected chi connectivity index (χ4v) is 2.89. The first kappa shape index (κ1) is 17.2. The Labute approximate surface area is 147 Å². The van der Waals surface area contributed by atoms with Gasteiger partial charge in [0.05, 0.1) is 18.8 Å². The molecule has 1 amide bonds. The Bertz CT molecular complexity index is 835. The third-order valence-corrected chi connectivity index (χ3v) is 4.32. The second kappa shape index (κ2) is 7.98. The molecule has 25 heavy (non-hydrogen) atoms. The maximum Gasteiger partial charge on any atom is 0.236 e. The molecular weight excluding hydrogens is 314 g/mol. The maximum absolute atomic E-state index is 12.2. The van der Waals surface area contributed by atoms with Gasteiger partial charge in [-0.2, -0.15) is 5.10 Å². The van der Waals surface area contributed by atoms with Crippen LogP contribution in [0.5, 0.6) is 0 Å². The summed E-state index contributed by atoms with van der Waals surface area (Å²) in [5.74, 6) is 0.0245. The molecule has 2 heterocycles. The summed E-state index contributed by atoms with van der Waals surface area (Å²) in [5.41, 5.74) is 3.50. The molecule has 3 aromatic rings. The quantitative estimate of drug-likeness (QED) is 0.588. The van der Waals surface area contributed by atoms with Crippen molar-refractivity contribution in [3.05, 3.63) is 54.0 Å². The van der Waals surface area contributed by atoms with E-state index in [-0.39, 0.29) is 11.9 Å². The number of aromatic nitrogens is 3. The molecule has 3 rings (SSSR count). The van der Waals surface area contributed by atoms with Crippen LogP contribution < -0.4 is 10.6 Å². The van der Waals surface area contributed by atoms with E-state index in [2.05, 4.69) is 32.8 Å². The van der Waals surface area contributed by atoms with E-state index in [4.69, 9.17) is 0 Å². The van der Waals surface area contributed by atoms with Crippen LogP contribution in [0.25, 0.3) is 10.9 Å². The van der Waals surface area contributed by atoms with Crippen molar-refractivity contribution in [3.8, 4) is 0 Å². The van der Waals surface area contributed by atoms with Crippen LogP contribution in [0.2, 0.25) is 0 Å². The lowest BCUT2D eigenvalue weighted by Gasteiger charge is -2.14. The Kier molecular flexibility index (Phi) is 5.50. The van der Waals surface area contributed by atoms with Crippen molar-refractivity contribution in [1.82, 2.24) is 25.4 Å². The minimum Gasteiger partial charge on any atom is -0.361 e. The van der Waals surface area contributed by atoms with E-state index in [0.29, 0.717) is 13.1 Å². The van der Waals surface area contributed by atoms with Crippen LogP contribution in [0.15, 0.2) is 42.9 Å². The molecule has 1 unspecified atom stereocenters. The molecule has 1 aromatic carbocycles. The van der Waals surface area contributed by atoms with Gasteiger partial charge in [0.1, 0.15) is 0 Å². The van der Waals surface area contributed by atoms with E-state index in [1.54, 1.807) is 0 Å². The summed E-state index contributed by atoms with van der Waals surface area (Å²) in [6.07, 6.45) is 6.66. The lowest BCUT2D eigenvalue weighted by atomic mass is 10.1. The Morgan fingerprint density at radius 3 is 2.96 bits per heavy atom. The van der Waals surface area contributed by atoms with Crippen LogP contribution in [0.3, 0.4) is 0 Å². The van der Waals surface area contributed by atoms with Crippen molar-refractivity contribution < 1.29 is 4.79 Å². The Morgan fingerprint density at radius 1 is 1.32 bits per heavy atom. The number of hydrogen-bond donors (Lipinski definition) is 3. The largest absolute Gasteiger partial charge is 0.361 e. The zero-order chi connectivity index (χ0) is 17.6. The van der Waals surface area contributed by atoms with E-state index in [1.807, 2.05) is 49.3 Å². The Morgan fingerprint density at radius 2 is 2.16 bits per heavy atom. The van der Waals surface area contributed by atoms with E-state index < -0.39 is 0 Å². The van der Waals surface area contributed by atoms with E-state index in [1.165, 1.54) is 10.9 Å². The molecule has 0 radical (unpaired) electrons. The SMILES string of the molecule is Cc1cnn(CCNC(C)C(=O)NCCc2c[nH]c3ccccc23)c1. The van der Waals surface area contributed by atoms with Gasteiger partial charge in [-0.1, -0.05) is 18.2 Å². The van der Waals surface area contributed by atoms with Gasteiger partial charge in [-0.05, 0) is 37.5 Å². The van der Waals surface area contributed by atoms with Crippen LogP contribution in [0.1, 0.15) is 18.1 Å². The molecule has 0 spiro atoms. The average Bonchev–Trinajstić information content (AvgIpc) is 3.21. The molecule has 6 heteroatoms. The second-order valence-electron chi connectivity index (χ2n) is 6.36. The predicted molar refractivity (Wildman–Crippen MR) is 99.4 cm³/mol. The number of aromatic amines is 1. The first-order valence-corrected chi connectivity index (χ1v) is 8.68. The van der Waals surface area contributed by atoms with Crippen molar-refractivity contribution in [3.63, 3.8) is 0 Å². The van der Waals surface area contributed by atoms with Crippen molar-refractivity contribution in [2.24, 2.45) is 0 Å². The number of hydrogen-bond acceptors (Lipinski definition) is 3. The smallest absolute Gasteiger partial charge is 0.236 e. The molecule has 0 aliphatic carbocycles. The molecule has 1 atom stereocenters. The predicted octanol–water partition coefficient (Wildman–Crippen LogP) is 2.01. The third kappa shape index (κ3) is 4.48. The number of aryl methyl sites for hydroxylation is 1. The fraction of sp³-hybridized carbons (Fsp3) is 0.368. The highest BCUT2D eigenvalue weighted by Gasteiger charge is 2.11. The van der Waals surface area contributed by atoms with E-state index >= 15 is 0 Å². The molecule has 2 aromatic heterocycles. The monoisotopic (exact) mass is 339 g/mol. The highest BCUT2D eigenvalue weighted by Crippen LogP contribution is 2.17. The lowest BCUT2D eigenvalue weighted by Crippen LogP contribution is -2.43. The summed E-state index contributed by atoms with van der Waals surface area (Å²) in [4.78, 5) is 15.4. The van der Waals surface area contributed by atoms with Crippen LogP contribution in [-0.4, -0.2) is 39.8 Å². The molecule has 0 fully saturated rings. The highest BCUT2D eigenvalue weighted by molar-refractivity contribution is 5.83. The molecule has 6 nitrogen and oxygen atoms in total. The molecule has 3 N–H and O–H groups in total. The number of carbonyl (C=O) groups excluding carboxylic acids is 1. The summed E-state index contributed by atoms with van der Waals surface area (Å²) in [6, 6.07) is 7.99. The summed E-state index contributed by atoms with van der Waals surface area (Å²) >= 11 is 0. The van der Waals surface area contributed by atoms with Gasteiger partial charge in [-0.25, -0.2) is 0 Å². The van der Waals surface area contributed by atoms with Gasteiger partial charge in [0.15, 0.2) is 0 Å². The molecule has 0 aliphatic rings. The van der Waals surface area contributed by atoms with Crippen LogP contribution >= 0.6 is 0 Å². The molecule has 0 saturated heterocycles. The summed E-state index contributed by atoms with van der Waals surface area (Å²) < 4.78 is 1.88. The van der Waals surface area contributed by atoms with Crippen LogP contribution in [0, 0.1) is 6.92 Å². The number of carbonyl (C=O) groups is 1. The summed E-state index contributed by atoms with van der Waals surface area (Å²) in [6.45, 7) is 5.99. The molecular formula is C19H25N5O. The highest BCUT2D eigenvalue weighted by atomic mass is 16.2. The van der Waals surface area contributed by atoms with Gasteiger partial charge in [0.25, 0.3) is 0 Å². The number of H-pyrrole nitrogens is 1. The van der Waals surface area contributed by atoms with Crippen molar-refractivity contribution in [2.45, 2.75) is 32.9 Å². The lowest BCUT2D eigenvalue weighted by molar-refractivity contribution is -0.122. The van der Waals surface area contributed by atoms with Gasteiger partial charge in [0.2, 0.25) is 5.91 Å². The van der Waals surface area contributed by atoms with Crippen molar-refractivity contribution in [1.29, 1.82) is 0 Å². The van der Waals surface area contributed by atoms with Gasteiger partial charge in [0, 0.05) is 36.4 Å². The van der Waals surface area contributed by atoms with Crippen LogP contribution in [-0.2, 0) is 17.8 Å². The summed E-state index contributed by atoms with van der Waals surface area (Å²) in [5, 5.41) is 11.7. The zero-order valence-corrected chi connectivity index (χ0v) is 14.7. The molecule has 0 saturated carbocycles. The van der Waals surface area contributed by atoms with Crippen LogP contribution in [0.4, 0.5) is 0 Å². The second-order valence-corrected chi connectivity index (χ2v) is 6.36. The normalized spacial score (nSPS) is 12.4. The zero-order valence-electron chi connectivity index (χ0n) is 14.7. The standard InChI is InChI=1S/C19H25N5O/c1-14-11-23-24(13-14)10-9-20-15(2)19(25)21-8-7-16-12-22-18-6-4-3-5-17(16)18/h3-6,11-13,15,20,22H,7-10H2,1-2H3,(H,21,25). The number of para-hydroxylation sites is 1. The number of nitrogens with one attached hydrogen (secondary N) is 3. The van der Waals surface area contributed by atoms with Gasteiger partial charge in [-0.15, -0.1) is 0 Å². The Balaban J connectivity index is 1.39. The summed E-state index contributed by atoms with van der Waals surface area (Å²) in [7, 11) is 0. The van der Waals surface area contributed by atoms with Gasteiger partial charge in [-0.3, -0.25) is 9.48 Å². The Hall–Kier alpha value is -2.60. The molecule has 0 bridgehead atoms. The van der Waals surface area contributed by atoms with E-state index in [9.17, 15) is 4.79 Å². The first-order valence-electron chi connectivity index (χ1n) is 8.68. The number of nitrogens with zero attached hydrogens (tertiary/aromatic N) is 2. The average molecular weight is 339 g/mol. The van der Waals surface area contributed by atoms with Gasteiger partial charge >= 0.3 is 0 Å². The third-order valence-electron chi connectivity index (χ3n) is 4.32.